The molecule has 5 N–H and O–H groups in total. The topological polar surface area (TPSA) is 133 Å². The van der Waals surface area contributed by atoms with Crippen LogP contribution in [0.3, 0.4) is 0 Å². The van der Waals surface area contributed by atoms with Crippen LogP contribution in [0, 0.1) is 6.92 Å². The van der Waals surface area contributed by atoms with Gasteiger partial charge in [0.1, 0.15) is 6.04 Å². The third-order valence-electron chi connectivity index (χ3n) is 3.75. The standard InChI is InChI=1S/C11H12N2O2.C7H8O3S/c12-9(11(14)15)5-7-6-13-10-4-2-1-3-8(7)10;1-6-2-4-7(5-3-6)11(8,9)10/h1-4,6,9,13H,5,12H2,(H,14,15);2-5H,1H3,(H,8,9,10)/t9-;/m0./s1. The van der Waals surface area contributed by atoms with E-state index in [0.29, 0.717) is 6.42 Å². The average Bonchev–Trinajstić information content (AvgIpc) is 2.98. The maximum Gasteiger partial charge on any atom is 0.320 e. The van der Waals surface area contributed by atoms with E-state index in [1.165, 1.54) is 12.1 Å². The lowest BCUT2D eigenvalue weighted by atomic mass is 10.1. The molecule has 0 saturated carbocycles. The Labute approximate surface area is 151 Å². The normalized spacial score (nSPS) is 12.3. The van der Waals surface area contributed by atoms with Gasteiger partial charge in [0.25, 0.3) is 10.1 Å². The summed E-state index contributed by atoms with van der Waals surface area (Å²) in [6.07, 6.45) is 2.16. The van der Waals surface area contributed by atoms with Crippen molar-refractivity contribution in [3.05, 3.63) is 65.9 Å². The van der Waals surface area contributed by atoms with E-state index < -0.39 is 22.1 Å². The highest BCUT2D eigenvalue weighted by Crippen LogP contribution is 2.18. The number of aliphatic carboxylic acids is 1. The minimum Gasteiger partial charge on any atom is -0.480 e. The summed E-state index contributed by atoms with van der Waals surface area (Å²) >= 11 is 0. The maximum absolute atomic E-state index is 10.6. The number of hydrogen-bond acceptors (Lipinski definition) is 4. The Bertz CT molecular complexity index is 994. The lowest BCUT2D eigenvalue weighted by molar-refractivity contribution is -0.138. The minimum absolute atomic E-state index is 0.0666. The zero-order valence-corrected chi connectivity index (χ0v) is 14.9. The first-order chi connectivity index (χ1) is 12.2. The maximum atomic E-state index is 10.6. The lowest BCUT2D eigenvalue weighted by Gasteiger charge is -2.04. The van der Waals surface area contributed by atoms with Crippen molar-refractivity contribution in [2.24, 2.45) is 5.73 Å². The first-order valence-electron chi connectivity index (χ1n) is 7.76. The number of fused-ring (bicyclic) bond motifs is 1. The van der Waals surface area contributed by atoms with Crippen molar-refractivity contribution in [1.82, 2.24) is 4.98 Å². The summed E-state index contributed by atoms with van der Waals surface area (Å²) < 4.78 is 29.6. The lowest BCUT2D eigenvalue weighted by Crippen LogP contribution is -2.32. The summed E-state index contributed by atoms with van der Waals surface area (Å²) in [6, 6.07) is 12.9. The Kier molecular flexibility index (Phi) is 6.14. The Balaban J connectivity index is 0.000000197. The molecular formula is C18H20N2O5S. The molecule has 1 aromatic heterocycles. The quantitative estimate of drug-likeness (QED) is 0.517. The number of aromatic nitrogens is 1. The molecule has 2 aromatic carbocycles. The van der Waals surface area contributed by atoms with Crippen molar-refractivity contribution >= 4 is 27.0 Å². The summed E-state index contributed by atoms with van der Waals surface area (Å²) in [5.41, 5.74) is 8.39. The largest absolute Gasteiger partial charge is 0.480 e. The fourth-order valence-electron chi connectivity index (χ4n) is 2.33. The Morgan fingerprint density at radius 1 is 1.15 bits per heavy atom. The van der Waals surface area contributed by atoms with E-state index in [1.807, 2.05) is 37.4 Å². The summed E-state index contributed by atoms with van der Waals surface area (Å²) in [5.74, 6) is -0.972. The second kappa shape index (κ2) is 8.13. The van der Waals surface area contributed by atoms with Crippen LogP contribution < -0.4 is 5.73 Å². The molecule has 3 rings (SSSR count). The van der Waals surface area contributed by atoms with E-state index in [1.54, 1.807) is 12.1 Å². The number of aryl methyl sites for hydroxylation is 1. The zero-order chi connectivity index (χ0) is 19.3. The molecule has 7 nitrogen and oxygen atoms in total. The van der Waals surface area contributed by atoms with Crippen LogP contribution in [0.4, 0.5) is 0 Å². The molecule has 0 unspecified atom stereocenters. The molecule has 0 saturated heterocycles. The van der Waals surface area contributed by atoms with Crippen molar-refractivity contribution in [2.45, 2.75) is 24.3 Å². The number of carboxylic acids is 1. The smallest absolute Gasteiger partial charge is 0.320 e. The molecule has 0 amide bonds. The molecular weight excluding hydrogens is 356 g/mol. The van der Waals surface area contributed by atoms with Gasteiger partial charge in [0.05, 0.1) is 4.90 Å². The minimum atomic E-state index is -4.02. The fraction of sp³-hybridized carbons (Fsp3) is 0.167. The molecule has 1 heterocycles. The van der Waals surface area contributed by atoms with Gasteiger partial charge in [0.15, 0.2) is 0 Å². The van der Waals surface area contributed by atoms with Crippen molar-refractivity contribution in [3.63, 3.8) is 0 Å². The van der Waals surface area contributed by atoms with Gasteiger partial charge in [-0.2, -0.15) is 8.42 Å². The summed E-state index contributed by atoms with van der Waals surface area (Å²) in [7, 11) is -4.02. The molecule has 8 heteroatoms. The van der Waals surface area contributed by atoms with Crippen molar-refractivity contribution < 1.29 is 22.9 Å². The highest BCUT2D eigenvalue weighted by atomic mass is 32.2. The van der Waals surface area contributed by atoms with E-state index in [2.05, 4.69) is 4.98 Å². The molecule has 1 atom stereocenters. The number of hydrogen-bond donors (Lipinski definition) is 4. The van der Waals surface area contributed by atoms with Gasteiger partial charge in [-0.3, -0.25) is 9.35 Å². The number of para-hydroxylation sites is 1. The van der Waals surface area contributed by atoms with Crippen LogP contribution in [0.2, 0.25) is 0 Å². The molecule has 0 fully saturated rings. The molecule has 0 aliphatic heterocycles. The van der Waals surface area contributed by atoms with E-state index in [9.17, 15) is 13.2 Å². The van der Waals surface area contributed by atoms with Crippen LogP contribution >= 0.6 is 0 Å². The molecule has 138 valence electrons. The molecule has 0 aliphatic carbocycles. The highest BCUT2D eigenvalue weighted by molar-refractivity contribution is 7.85. The van der Waals surface area contributed by atoms with Crippen LogP contribution in [0.15, 0.2) is 59.6 Å². The molecule has 0 aliphatic rings. The number of carbonyl (C=O) groups is 1. The second-order valence-corrected chi connectivity index (χ2v) is 7.22. The molecule has 0 bridgehead atoms. The molecule has 3 aromatic rings. The summed E-state index contributed by atoms with van der Waals surface area (Å²) in [5, 5.41) is 9.75. The van der Waals surface area contributed by atoms with Gasteiger partial charge >= 0.3 is 5.97 Å². The number of carboxylic acid groups (broad SMARTS) is 1. The van der Waals surface area contributed by atoms with Crippen molar-refractivity contribution in [3.8, 4) is 0 Å². The van der Waals surface area contributed by atoms with Gasteiger partial charge in [-0.25, -0.2) is 0 Å². The predicted molar refractivity (Wildman–Crippen MR) is 98.6 cm³/mol. The summed E-state index contributed by atoms with van der Waals surface area (Å²) in [4.78, 5) is 13.6. The fourth-order valence-corrected chi connectivity index (χ4v) is 2.81. The summed E-state index contributed by atoms with van der Waals surface area (Å²) in [6.45, 7) is 1.84. The van der Waals surface area contributed by atoms with Gasteiger partial charge in [-0.15, -0.1) is 0 Å². The number of rotatable bonds is 4. The van der Waals surface area contributed by atoms with Crippen LogP contribution in [0.25, 0.3) is 10.9 Å². The van der Waals surface area contributed by atoms with Crippen LogP contribution in [0.5, 0.6) is 0 Å². The number of nitrogens with two attached hydrogens (primary N) is 1. The molecule has 26 heavy (non-hydrogen) atoms. The van der Waals surface area contributed by atoms with E-state index in [0.717, 1.165) is 22.0 Å². The third kappa shape index (κ3) is 5.16. The predicted octanol–water partition coefficient (Wildman–Crippen LogP) is 2.36. The molecule has 0 spiro atoms. The Morgan fingerprint density at radius 2 is 1.77 bits per heavy atom. The van der Waals surface area contributed by atoms with Crippen LogP contribution in [-0.2, 0) is 21.3 Å². The van der Waals surface area contributed by atoms with Crippen molar-refractivity contribution in [2.75, 3.05) is 0 Å². The number of nitrogens with one attached hydrogen (secondary N) is 1. The monoisotopic (exact) mass is 376 g/mol. The van der Waals surface area contributed by atoms with Gasteiger partial charge in [0.2, 0.25) is 0 Å². The first kappa shape index (κ1) is 19.6. The third-order valence-corrected chi connectivity index (χ3v) is 4.62. The van der Waals surface area contributed by atoms with Gasteiger partial charge < -0.3 is 15.8 Å². The Hall–Kier alpha value is -2.68. The van der Waals surface area contributed by atoms with Crippen LogP contribution in [-0.4, -0.2) is 35.1 Å². The number of H-pyrrole nitrogens is 1. The zero-order valence-electron chi connectivity index (χ0n) is 14.1. The van der Waals surface area contributed by atoms with Crippen molar-refractivity contribution in [1.29, 1.82) is 0 Å². The van der Waals surface area contributed by atoms with Gasteiger partial charge in [-0.05, 0) is 30.7 Å². The second-order valence-electron chi connectivity index (χ2n) is 5.80. The van der Waals surface area contributed by atoms with Crippen LogP contribution in [0.1, 0.15) is 11.1 Å². The average molecular weight is 376 g/mol. The first-order valence-corrected chi connectivity index (χ1v) is 9.20. The van der Waals surface area contributed by atoms with Gasteiger partial charge in [-0.1, -0.05) is 35.9 Å². The van der Waals surface area contributed by atoms with Gasteiger partial charge in [0, 0.05) is 23.5 Å². The highest BCUT2D eigenvalue weighted by Gasteiger charge is 2.14. The molecule has 0 radical (unpaired) electrons. The van der Waals surface area contributed by atoms with E-state index >= 15 is 0 Å². The SMILES string of the molecule is Cc1ccc(S(=O)(=O)O)cc1.N[C@@H](Cc1c[nH]c2ccccc12)C(=O)O. The number of aromatic amines is 1. The van der Waals surface area contributed by atoms with E-state index in [-0.39, 0.29) is 4.90 Å². The van der Waals surface area contributed by atoms with E-state index in [4.69, 9.17) is 15.4 Å². The Morgan fingerprint density at radius 3 is 2.35 bits per heavy atom. The number of benzene rings is 2.